The SMILES string of the molecule is COc1ccccc1NC(=O)c1cc2ccccc2cc1OCC(=O)Nc1ccc(C)cc1Cl. The molecule has 0 aliphatic carbocycles. The van der Waals surface area contributed by atoms with Gasteiger partial charge in [-0.15, -0.1) is 0 Å². The van der Waals surface area contributed by atoms with E-state index in [2.05, 4.69) is 10.6 Å². The van der Waals surface area contributed by atoms with E-state index < -0.39 is 5.91 Å². The van der Waals surface area contributed by atoms with Gasteiger partial charge in [0.1, 0.15) is 11.5 Å². The molecule has 0 saturated heterocycles. The normalized spacial score (nSPS) is 10.6. The molecule has 4 aromatic carbocycles. The van der Waals surface area contributed by atoms with E-state index in [0.29, 0.717) is 27.7 Å². The Morgan fingerprint density at radius 2 is 1.53 bits per heavy atom. The van der Waals surface area contributed by atoms with Crippen molar-refractivity contribution in [3.63, 3.8) is 0 Å². The molecular formula is C27H23ClN2O4. The number of hydrogen-bond donors (Lipinski definition) is 2. The summed E-state index contributed by atoms with van der Waals surface area (Å²) < 4.78 is 11.1. The van der Waals surface area contributed by atoms with E-state index in [1.54, 1.807) is 42.5 Å². The summed E-state index contributed by atoms with van der Waals surface area (Å²) >= 11 is 6.21. The Morgan fingerprint density at radius 1 is 0.824 bits per heavy atom. The fourth-order valence-electron chi connectivity index (χ4n) is 3.50. The van der Waals surface area contributed by atoms with Crippen LogP contribution in [0.25, 0.3) is 10.8 Å². The van der Waals surface area contributed by atoms with Crippen molar-refractivity contribution < 1.29 is 19.1 Å². The Hall–Kier alpha value is -4.03. The van der Waals surface area contributed by atoms with Crippen molar-refractivity contribution in [3.05, 3.63) is 95.0 Å². The number of para-hydroxylation sites is 2. The molecule has 0 heterocycles. The minimum Gasteiger partial charge on any atom is -0.495 e. The zero-order valence-electron chi connectivity index (χ0n) is 18.7. The monoisotopic (exact) mass is 474 g/mol. The molecule has 0 unspecified atom stereocenters. The maximum Gasteiger partial charge on any atom is 0.262 e. The van der Waals surface area contributed by atoms with Gasteiger partial charge >= 0.3 is 0 Å². The largest absolute Gasteiger partial charge is 0.495 e. The van der Waals surface area contributed by atoms with Gasteiger partial charge in [-0.25, -0.2) is 0 Å². The quantitative estimate of drug-likeness (QED) is 0.340. The molecule has 0 saturated carbocycles. The Balaban J connectivity index is 1.57. The predicted octanol–water partition coefficient (Wildman–Crippen LogP) is 6.08. The van der Waals surface area contributed by atoms with E-state index in [0.717, 1.165) is 16.3 Å². The first kappa shape index (κ1) is 23.1. The van der Waals surface area contributed by atoms with Crippen LogP contribution in [0.4, 0.5) is 11.4 Å². The fourth-order valence-corrected chi connectivity index (χ4v) is 3.79. The molecule has 0 bridgehead atoms. The summed E-state index contributed by atoms with van der Waals surface area (Å²) in [4.78, 5) is 25.7. The third kappa shape index (κ3) is 5.30. The third-order valence-electron chi connectivity index (χ3n) is 5.21. The lowest BCUT2D eigenvalue weighted by Crippen LogP contribution is -2.22. The first-order chi connectivity index (χ1) is 16.4. The summed E-state index contributed by atoms with van der Waals surface area (Å²) in [5, 5.41) is 7.79. The first-order valence-corrected chi connectivity index (χ1v) is 11.0. The van der Waals surface area contributed by atoms with Crippen LogP contribution in [0, 0.1) is 6.92 Å². The average Bonchev–Trinajstić information content (AvgIpc) is 2.84. The molecule has 0 fully saturated rings. The van der Waals surface area contributed by atoms with Crippen LogP contribution < -0.4 is 20.1 Å². The van der Waals surface area contributed by atoms with E-state index in [1.807, 2.05) is 43.3 Å². The van der Waals surface area contributed by atoms with Crippen LogP contribution in [0.15, 0.2) is 78.9 Å². The van der Waals surface area contributed by atoms with Crippen LogP contribution in [0.1, 0.15) is 15.9 Å². The van der Waals surface area contributed by atoms with E-state index in [4.69, 9.17) is 21.1 Å². The fraction of sp³-hybridized carbons (Fsp3) is 0.111. The first-order valence-electron chi connectivity index (χ1n) is 10.6. The van der Waals surface area contributed by atoms with Gasteiger partial charge in [0.05, 0.1) is 29.1 Å². The van der Waals surface area contributed by atoms with E-state index in [9.17, 15) is 9.59 Å². The number of carbonyl (C=O) groups excluding carboxylic acids is 2. The summed E-state index contributed by atoms with van der Waals surface area (Å²) in [6.07, 6.45) is 0. The van der Waals surface area contributed by atoms with Crippen LogP contribution in [-0.2, 0) is 4.79 Å². The van der Waals surface area contributed by atoms with Gasteiger partial charge in [-0.2, -0.15) is 0 Å². The summed E-state index contributed by atoms with van der Waals surface area (Å²) in [5.74, 6) is 0.0481. The minimum absolute atomic E-state index is 0.288. The van der Waals surface area contributed by atoms with Gasteiger partial charge in [0.15, 0.2) is 6.61 Å². The Kier molecular flexibility index (Phi) is 6.99. The topological polar surface area (TPSA) is 76.7 Å². The van der Waals surface area contributed by atoms with Crippen LogP contribution in [-0.4, -0.2) is 25.5 Å². The van der Waals surface area contributed by atoms with Crippen molar-refractivity contribution >= 4 is 45.6 Å². The molecule has 172 valence electrons. The lowest BCUT2D eigenvalue weighted by Gasteiger charge is -2.15. The molecular weight excluding hydrogens is 452 g/mol. The van der Waals surface area contributed by atoms with Gasteiger partial charge in [0.2, 0.25) is 0 Å². The number of amides is 2. The lowest BCUT2D eigenvalue weighted by molar-refractivity contribution is -0.118. The van der Waals surface area contributed by atoms with Crippen LogP contribution in [0.5, 0.6) is 11.5 Å². The van der Waals surface area contributed by atoms with E-state index in [-0.39, 0.29) is 18.3 Å². The molecule has 2 N–H and O–H groups in total. The van der Waals surface area contributed by atoms with Gasteiger partial charge in [0.25, 0.3) is 11.8 Å². The highest BCUT2D eigenvalue weighted by molar-refractivity contribution is 6.33. The summed E-state index contributed by atoms with van der Waals surface area (Å²) in [6, 6.07) is 23.6. The number of methoxy groups -OCH3 is 1. The van der Waals surface area contributed by atoms with Crippen molar-refractivity contribution in [2.45, 2.75) is 6.92 Å². The highest BCUT2D eigenvalue weighted by Crippen LogP contribution is 2.29. The Morgan fingerprint density at radius 3 is 2.26 bits per heavy atom. The van der Waals surface area contributed by atoms with Gasteiger partial charge in [0, 0.05) is 0 Å². The number of nitrogens with one attached hydrogen (secondary N) is 2. The maximum atomic E-state index is 13.2. The number of ether oxygens (including phenoxy) is 2. The molecule has 0 atom stereocenters. The number of carbonyl (C=O) groups is 2. The van der Waals surface area contributed by atoms with Gasteiger partial charge < -0.3 is 20.1 Å². The molecule has 0 aromatic heterocycles. The molecule has 4 aromatic rings. The zero-order valence-corrected chi connectivity index (χ0v) is 19.5. The van der Waals surface area contributed by atoms with Crippen molar-refractivity contribution in [1.82, 2.24) is 0 Å². The Labute approximate surface area is 202 Å². The number of anilines is 2. The molecule has 0 aliphatic rings. The van der Waals surface area contributed by atoms with Crippen molar-refractivity contribution in [1.29, 1.82) is 0 Å². The van der Waals surface area contributed by atoms with Crippen LogP contribution in [0.2, 0.25) is 5.02 Å². The molecule has 6 nitrogen and oxygen atoms in total. The second-order valence-electron chi connectivity index (χ2n) is 7.67. The number of halogens is 1. The third-order valence-corrected chi connectivity index (χ3v) is 5.52. The molecule has 34 heavy (non-hydrogen) atoms. The number of hydrogen-bond acceptors (Lipinski definition) is 4. The van der Waals surface area contributed by atoms with Gasteiger partial charge in [-0.05, 0) is 59.7 Å². The smallest absolute Gasteiger partial charge is 0.262 e. The molecule has 0 radical (unpaired) electrons. The summed E-state index contributed by atoms with van der Waals surface area (Å²) in [7, 11) is 1.54. The zero-order chi connectivity index (χ0) is 24.1. The van der Waals surface area contributed by atoms with Gasteiger partial charge in [-0.1, -0.05) is 54.1 Å². The standard InChI is InChI=1S/C27H23ClN2O4/c1-17-11-12-22(21(28)13-17)29-26(31)16-34-25-15-19-8-4-3-7-18(19)14-20(25)27(32)30-23-9-5-6-10-24(23)33-2/h3-15H,16H2,1-2H3,(H,29,31)(H,30,32). The maximum absolute atomic E-state index is 13.2. The lowest BCUT2D eigenvalue weighted by atomic mass is 10.1. The van der Waals surface area contributed by atoms with Crippen molar-refractivity contribution in [2.24, 2.45) is 0 Å². The van der Waals surface area contributed by atoms with Gasteiger partial charge in [-0.3, -0.25) is 9.59 Å². The second kappa shape index (κ2) is 10.3. The summed E-state index contributed by atoms with van der Waals surface area (Å²) in [6.45, 7) is 1.62. The van der Waals surface area contributed by atoms with Crippen molar-refractivity contribution in [3.8, 4) is 11.5 Å². The number of aryl methyl sites for hydroxylation is 1. The molecule has 0 spiro atoms. The molecule has 7 heteroatoms. The number of fused-ring (bicyclic) bond motifs is 1. The van der Waals surface area contributed by atoms with E-state index in [1.165, 1.54) is 7.11 Å². The molecule has 2 amide bonds. The van der Waals surface area contributed by atoms with Crippen LogP contribution in [0.3, 0.4) is 0 Å². The highest BCUT2D eigenvalue weighted by Gasteiger charge is 2.17. The highest BCUT2D eigenvalue weighted by atomic mass is 35.5. The molecule has 4 rings (SSSR count). The molecule has 0 aliphatic heterocycles. The predicted molar refractivity (Wildman–Crippen MR) is 135 cm³/mol. The minimum atomic E-state index is -0.394. The number of benzene rings is 4. The summed E-state index contributed by atoms with van der Waals surface area (Å²) in [5.41, 5.74) is 2.31. The van der Waals surface area contributed by atoms with E-state index >= 15 is 0 Å². The Bertz CT molecular complexity index is 1370. The van der Waals surface area contributed by atoms with Crippen molar-refractivity contribution in [2.75, 3.05) is 24.4 Å². The van der Waals surface area contributed by atoms with Crippen LogP contribution >= 0.6 is 11.6 Å². The number of rotatable bonds is 7. The second-order valence-corrected chi connectivity index (χ2v) is 8.08. The average molecular weight is 475 g/mol.